The molecule has 1 amide bonds. The van der Waals surface area contributed by atoms with Crippen molar-refractivity contribution < 1.29 is 25.2 Å². The topological polar surface area (TPSA) is 101 Å². The molecule has 1 rings (SSSR count). The SMILES string of the molecule is CC(=O)N1C[C@H](O)[C@@H](O)[C@@H]1[C@@H](O)CO. The zero-order chi connectivity index (χ0) is 10.9. The molecule has 82 valence electrons. The molecule has 6 nitrogen and oxygen atoms in total. The third kappa shape index (κ3) is 1.88. The Labute approximate surface area is 81.4 Å². The van der Waals surface area contributed by atoms with Gasteiger partial charge in [0.05, 0.1) is 18.8 Å². The molecule has 1 heterocycles. The van der Waals surface area contributed by atoms with E-state index in [4.69, 9.17) is 5.11 Å². The molecule has 0 bridgehead atoms. The summed E-state index contributed by atoms with van der Waals surface area (Å²) in [7, 11) is 0. The summed E-state index contributed by atoms with van der Waals surface area (Å²) in [6.45, 7) is 0.707. The van der Waals surface area contributed by atoms with E-state index in [1.54, 1.807) is 0 Å². The maximum Gasteiger partial charge on any atom is 0.219 e. The van der Waals surface area contributed by atoms with Gasteiger partial charge in [0, 0.05) is 13.5 Å². The van der Waals surface area contributed by atoms with Crippen molar-refractivity contribution in [3.63, 3.8) is 0 Å². The molecule has 0 aliphatic carbocycles. The number of carbonyl (C=O) groups excluding carboxylic acids is 1. The van der Waals surface area contributed by atoms with Crippen molar-refractivity contribution in [3.05, 3.63) is 0 Å². The fourth-order valence-electron chi connectivity index (χ4n) is 1.73. The second-order valence-electron chi connectivity index (χ2n) is 3.47. The van der Waals surface area contributed by atoms with Gasteiger partial charge < -0.3 is 25.3 Å². The van der Waals surface area contributed by atoms with E-state index < -0.39 is 31.0 Å². The Hall–Kier alpha value is -0.690. The number of hydrogen-bond donors (Lipinski definition) is 4. The van der Waals surface area contributed by atoms with Crippen LogP contribution in [-0.2, 0) is 4.79 Å². The molecule has 0 aromatic heterocycles. The molecule has 4 atom stereocenters. The summed E-state index contributed by atoms with van der Waals surface area (Å²) in [6, 6.07) is -0.924. The third-order valence-electron chi connectivity index (χ3n) is 2.47. The normalized spacial score (nSPS) is 34.6. The number of nitrogens with zero attached hydrogens (tertiary/aromatic N) is 1. The van der Waals surface area contributed by atoms with E-state index in [1.165, 1.54) is 6.92 Å². The van der Waals surface area contributed by atoms with Gasteiger partial charge in [0.15, 0.2) is 0 Å². The number of aliphatic hydroxyl groups is 4. The van der Waals surface area contributed by atoms with Crippen LogP contribution in [0.1, 0.15) is 6.92 Å². The molecule has 0 aromatic carbocycles. The first-order valence-corrected chi connectivity index (χ1v) is 4.41. The van der Waals surface area contributed by atoms with Crippen molar-refractivity contribution in [3.8, 4) is 0 Å². The Balaban J connectivity index is 2.81. The van der Waals surface area contributed by atoms with E-state index in [2.05, 4.69) is 0 Å². The lowest BCUT2D eigenvalue weighted by Gasteiger charge is -2.27. The molecule has 0 aromatic rings. The highest BCUT2D eigenvalue weighted by Crippen LogP contribution is 2.21. The lowest BCUT2D eigenvalue weighted by molar-refractivity contribution is -0.134. The van der Waals surface area contributed by atoms with Gasteiger partial charge in [0.2, 0.25) is 5.91 Å². The van der Waals surface area contributed by atoms with E-state index >= 15 is 0 Å². The molecule has 0 radical (unpaired) electrons. The summed E-state index contributed by atoms with van der Waals surface area (Å²) >= 11 is 0. The molecule has 14 heavy (non-hydrogen) atoms. The first kappa shape index (κ1) is 11.4. The van der Waals surface area contributed by atoms with Crippen LogP contribution in [0.3, 0.4) is 0 Å². The lowest BCUT2D eigenvalue weighted by atomic mass is 10.1. The maximum atomic E-state index is 11.1. The van der Waals surface area contributed by atoms with Crippen molar-refractivity contribution >= 4 is 5.91 Å². The number of amides is 1. The summed E-state index contributed by atoms with van der Waals surface area (Å²) in [6.07, 6.45) is -3.50. The third-order valence-corrected chi connectivity index (χ3v) is 2.47. The molecule has 0 saturated carbocycles. The number of carbonyl (C=O) groups is 1. The van der Waals surface area contributed by atoms with E-state index in [0.29, 0.717) is 0 Å². The van der Waals surface area contributed by atoms with Crippen LogP contribution in [0, 0.1) is 0 Å². The van der Waals surface area contributed by atoms with Crippen molar-refractivity contribution in [2.75, 3.05) is 13.2 Å². The van der Waals surface area contributed by atoms with Gasteiger partial charge in [-0.05, 0) is 0 Å². The molecule has 1 aliphatic rings. The molecule has 4 N–H and O–H groups in total. The van der Waals surface area contributed by atoms with Crippen molar-refractivity contribution in [2.45, 2.75) is 31.3 Å². The molecule has 0 spiro atoms. The Bertz CT molecular complexity index is 222. The fraction of sp³-hybridized carbons (Fsp3) is 0.875. The van der Waals surface area contributed by atoms with Crippen LogP contribution in [0.5, 0.6) is 0 Å². The van der Waals surface area contributed by atoms with Crippen LogP contribution in [0.25, 0.3) is 0 Å². The largest absolute Gasteiger partial charge is 0.394 e. The van der Waals surface area contributed by atoms with Gasteiger partial charge in [-0.2, -0.15) is 0 Å². The fourth-order valence-corrected chi connectivity index (χ4v) is 1.73. The molecule has 1 fully saturated rings. The molecule has 1 aliphatic heterocycles. The second kappa shape index (κ2) is 4.22. The lowest BCUT2D eigenvalue weighted by Crippen LogP contribution is -2.48. The number of likely N-dealkylation sites (tertiary alicyclic amines) is 1. The standard InChI is InChI=1S/C8H15NO5/c1-4(11)9-2-5(12)8(14)7(9)6(13)3-10/h5-8,10,12-14H,2-3H2,1H3/t5-,6-,7-,8+/m0/s1. The number of aliphatic hydroxyl groups excluding tert-OH is 4. The summed E-state index contributed by atoms with van der Waals surface area (Å²) < 4.78 is 0. The smallest absolute Gasteiger partial charge is 0.219 e. The molecular weight excluding hydrogens is 190 g/mol. The highest BCUT2D eigenvalue weighted by molar-refractivity contribution is 5.74. The summed E-state index contributed by atoms with van der Waals surface area (Å²) in [5.74, 6) is -0.349. The van der Waals surface area contributed by atoms with E-state index in [1.807, 2.05) is 0 Å². The molecular formula is C8H15NO5. The Morgan fingerprint density at radius 1 is 1.57 bits per heavy atom. The van der Waals surface area contributed by atoms with Crippen LogP contribution < -0.4 is 0 Å². The quantitative estimate of drug-likeness (QED) is 0.393. The zero-order valence-corrected chi connectivity index (χ0v) is 7.87. The van der Waals surface area contributed by atoms with Crippen LogP contribution >= 0.6 is 0 Å². The van der Waals surface area contributed by atoms with Gasteiger partial charge in [0.1, 0.15) is 12.2 Å². The highest BCUT2D eigenvalue weighted by atomic mass is 16.3. The van der Waals surface area contributed by atoms with Gasteiger partial charge in [-0.1, -0.05) is 0 Å². The summed E-state index contributed by atoms with van der Waals surface area (Å²) in [5.41, 5.74) is 0. The van der Waals surface area contributed by atoms with Crippen molar-refractivity contribution in [1.29, 1.82) is 0 Å². The van der Waals surface area contributed by atoms with Gasteiger partial charge in [-0.15, -0.1) is 0 Å². The molecule has 0 unspecified atom stereocenters. The minimum absolute atomic E-state index is 0.0156. The van der Waals surface area contributed by atoms with E-state index in [0.717, 1.165) is 4.90 Å². The Kier molecular flexibility index (Phi) is 3.43. The van der Waals surface area contributed by atoms with Gasteiger partial charge in [-0.3, -0.25) is 4.79 Å². The average molecular weight is 205 g/mol. The van der Waals surface area contributed by atoms with Crippen LogP contribution in [-0.4, -0.2) is 68.7 Å². The summed E-state index contributed by atoms with van der Waals surface area (Å²) in [4.78, 5) is 12.2. The minimum atomic E-state index is -1.23. The van der Waals surface area contributed by atoms with Crippen LogP contribution in [0.4, 0.5) is 0 Å². The first-order valence-electron chi connectivity index (χ1n) is 4.41. The number of β-amino-alcohol motifs (C(OH)–C–C–N with tert-alkyl or cyclic N) is 1. The van der Waals surface area contributed by atoms with E-state index in [-0.39, 0.29) is 12.5 Å². The van der Waals surface area contributed by atoms with Crippen molar-refractivity contribution in [2.24, 2.45) is 0 Å². The van der Waals surface area contributed by atoms with Gasteiger partial charge in [-0.25, -0.2) is 0 Å². The Morgan fingerprint density at radius 3 is 2.57 bits per heavy atom. The molecule has 6 heteroatoms. The van der Waals surface area contributed by atoms with Crippen molar-refractivity contribution in [1.82, 2.24) is 4.90 Å². The summed E-state index contributed by atoms with van der Waals surface area (Å²) in [5, 5.41) is 36.8. The van der Waals surface area contributed by atoms with Gasteiger partial charge >= 0.3 is 0 Å². The average Bonchev–Trinajstić information content (AvgIpc) is 2.43. The van der Waals surface area contributed by atoms with Gasteiger partial charge in [0.25, 0.3) is 0 Å². The predicted octanol–water partition coefficient (Wildman–Crippen LogP) is -2.71. The molecule has 1 saturated heterocycles. The van der Waals surface area contributed by atoms with E-state index in [9.17, 15) is 20.1 Å². The monoisotopic (exact) mass is 205 g/mol. The zero-order valence-electron chi connectivity index (χ0n) is 7.87. The number of rotatable bonds is 2. The minimum Gasteiger partial charge on any atom is -0.394 e. The first-order chi connectivity index (χ1) is 6.49. The Morgan fingerprint density at radius 2 is 2.14 bits per heavy atom. The highest BCUT2D eigenvalue weighted by Gasteiger charge is 2.44. The predicted molar refractivity (Wildman–Crippen MR) is 46.3 cm³/mol. The van der Waals surface area contributed by atoms with Crippen LogP contribution in [0.15, 0.2) is 0 Å². The maximum absolute atomic E-state index is 11.1. The second-order valence-corrected chi connectivity index (χ2v) is 3.47. The van der Waals surface area contributed by atoms with Crippen LogP contribution in [0.2, 0.25) is 0 Å². The number of hydrogen-bond acceptors (Lipinski definition) is 5.